The Balaban J connectivity index is 2.74. The Bertz CT molecular complexity index is 498. The van der Waals surface area contributed by atoms with Crippen LogP contribution in [0.25, 0.3) is 0 Å². The number of carbonyl (C=O) groups is 1. The van der Waals surface area contributed by atoms with Crippen LogP contribution in [-0.2, 0) is 18.3 Å². The molecule has 112 valence electrons. The number of anilines is 1. The fourth-order valence-corrected chi connectivity index (χ4v) is 1.94. The maximum atomic E-state index is 11.1. The first-order valence-electron chi connectivity index (χ1n) is 6.52. The summed E-state index contributed by atoms with van der Waals surface area (Å²) in [5.41, 5.74) is 0.443. The second-order valence-corrected chi connectivity index (χ2v) is 4.80. The molecule has 8 heteroatoms. The van der Waals surface area contributed by atoms with Crippen LogP contribution in [0.4, 0.5) is 11.5 Å². The topological polar surface area (TPSA) is 110 Å². The normalized spacial score (nSPS) is 12.2. The van der Waals surface area contributed by atoms with Crippen molar-refractivity contribution in [3.63, 3.8) is 0 Å². The van der Waals surface area contributed by atoms with Gasteiger partial charge in [0.1, 0.15) is 5.69 Å². The average Bonchev–Trinajstić information content (AvgIpc) is 2.70. The molecule has 0 amide bonds. The molecule has 1 aromatic rings. The lowest BCUT2D eigenvalue weighted by Gasteiger charge is -2.12. The first-order chi connectivity index (χ1) is 9.36. The predicted molar refractivity (Wildman–Crippen MR) is 73.8 cm³/mol. The van der Waals surface area contributed by atoms with E-state index in [1.165, 1.54) is 4.68 Å². The molecule has 0 fully saturated rings. The molecule has 2 N–H and O–H groups in total. The maximum Gasteiger partial charge on any atom is 0.333 e. The van der Waals surface area contributed by atoms with Gasteiger partial charge in [-0.25, -0.2) is 4.68 Å². The molecule has 0 spiro atoms. The molecule has 8 nitrogen and oxygen atoms in total. The third-order valence-corrected chi connectivity index (χ3v) is 3.08. The monoisotopic (exact) mass is 284 g/mol. The minimum Gasteiger partial charge on any atom is -0.481 e. The van der Waals surface area contributed by atoms with Crippen LogP contribution >= 0.6 is 0 Å². The molecule has 0 saturated carbocycles. The molecule has 0 aromatic carbocycles. The van der Waals surface area contributed by atoms with E-state index in [2.05, 4.69) is 10.4 Å². The zero-order valence-electron chi connectivity index (χ0n) is 11.9. The third-order valence-electron chi connectivity index (χ3n) is 3.08. The van der Waals surface area contributed by atoms with Gasteiger partial charge >= 0.3 is 11.7 Å². The second kappa shape index (κ2) is 6.88. The molecule has 1 unspecified atom stereocenters. The minimum atomic E-state index is -0.836. The number of aliphatic carboxylic acids is 1. The lowest BCUT2D eigenvalue weighted by atomic mass is 10.1. The molecule has 1 rings (SSSR count). The first-order valence-corrected chi connectivity index (χ1v) is 6.52. The summed E-state index contributed by atoms with van der Waals surface area (Å²) in [5.74, 6) is -0.365. The van der Waals surface area contributed by atoms with Crippen LogP contribution in [0.15, 0.2) is 0 Å². The fourth-order valence-electron chi connectivity index (χ4n) is 1.94. The number of rotatable bonds is 8. The summed E-state index contributed by atoms with van der Waals surface area (Å²) in [6.07, 6.45) is 1.10. The highest BCUT2D eigenvalue weighted by atomic mass is 16.6. The van der Waals surface area contributed by atoms with Crippen molar-refractivity contribution >= 4 is 17.5 Å². The van der Waals surface area contributed by atoms with Crippen LogP contribution in [0.3, 0.4) is 0 Å². The van der Waals surface area contributed by atoms with Crippen LogP contribution in [0.1, 0.15) is 32.4 Å². The zero-order valence-corrected chi connectivity index (χ0v) is 11.9. The fraction of sp³-hybridized carbons (Fsp3) is 0.667. The van der Waals surface area contributed by atoms with Crippen LogP contribution in [0.5, 0.6) is 0 Å². The van der Waals surface area contributed by atoms with Crippen molar-refractivity contribution in [1.82, 2.24) is 9.78 Å². The van der Waals surface area contributed by atoms with Gasteiger partial charge in [0.15, 0.2) is 0 Å². The van der Waals surface area contributed by atoms with E-state index in [1.54, 1.807) is 7.05 Å². The number of nitro groups is 1. The van der Waals surface area contributed by atoms with Crippen LogP contribution in [0.2, 0.25) is 0 Å². The summed E-state index contributed by atoms with van der Waals surface area (Å²) in [7, 11) is 1.65. The SMILES string of the molecule is CCc1nn(C)c(NCC(C)CCC(=O)O)c1[N+](=O)[O-]. The molecular weight excluding hydrogens is 264 g/mol. The van der Waals surface area contributed by atoms with E-state index in [-0.39, 0.29) is 18.0 Å². The summed E-state index contributed by atoms with van der Waals surface area (Å²) in [6.45, 7) is 4.18. The minimum absolute atomic E-state index is 0.000402. The van der Waals surface area contributed by atoms with Crippen molar-refractivity contribution in [2.24, 2.45) is 13.0 Å². The van der Waals surface area contributed by atoms with E-state index in [0.29, 0.717) is 30.9 Å². The molecule has 0 bridgehead atoms. The third kappa shape index (κ3) is 3.94. The van der Waals surface area contributed by atoms with Gasteiger partial charge in [-0.15, -0.1) is 0 Å². The van der Waals surface area contributed by atoms with Crippen molar-refractivity contribution < 1.29 is 14.8 Å². The second-order valence-electron chi connectivity index (χ2n) is 4.80. The van der Waals surface area contributed by atoms with Gasteiger partial charge in [-0.2, -0.15) is 5.10 Å². The van der Waals surface area contributed by atoms with Crippen molar-refractivity contribution in [3.05, 3.63) is 15.8 Å². The van der Waals surface area contributed by atoms with E-state index >= 15 is 0 Å². The quantitative estimate of drug-likeness (QED) is 0.556. The molecule has 20 heavy (non-hydrogen) atoms. The van der Waals surface area contributed by atoms with Crippen LogP contribution < -0.4 is 5.32 Å². The van der Waals surface area contributed by atoms with Crippen LogP contribution in [-0.4, -0.2) is 32.3 Å². The summed E-state index contributed by atoms with van der Waals surface area (Å²) >= 11 is 0. The number of aromatic nitrogens is 2. The molecular formula is C12H20N4O4. The standard InChI is InChI=1S/C12H20N4O4/c1-4-9-11(16(19)20)12(15(3)14-9)13-7-8(2)5-6-10(17)18/h8,13H,4-7H2,1-3H3,(H,17,18). The summed E-state index contributed by atoms with van der Waals surface area (Å²) in [5, 5.41) is 26.9. The maximum absolute atomic E-state index is 11.1. The van der Waals surface area contributed by atoms with Crippen molar-refractivity contribution in [1.29, 1.82) is 0 Å². The molecule has 0 aliphatic carbocycles. The predicted octanol–water partition coefficient (Wildman–Crippen LogP) is 1.80. The zero-order chi connectivity index (χ0) is 15.3. The number of carboxylic acid groups (broad SMARTS) is 1. The Labute approximate surface area is 116 Å². The van der Waals surface area contributed by atoms with E-state index in [4.69, 9.17) is 5.11 Å². The number of hydrogen-bond acceptors (Lipinski definition) is 5. The molecule has 1 aromatic heterocycles. The highest BCUT2D eigenvalue weighted by Gasteiger charge is 2.25. The van der Waals surface area contributed by atoms with Gasteiger partial charge < -0.3 is 10.4 Å². The first kappa shape index (κ1) is 15.9. The Hall–Kier alpha value is -2.12. The molecule has 0 saturated heterocycles. The molecule has 0 aliphatic rings. The van der Waals surface area contributed by atoms with Gasteiger partial charge in [0.05, 0.1) is 4.92 Å². The van der Waals surface area contributed by atoms with E-state index in [9.17, 15) is 14.9 Å². The van der Waals surface area contributed by atoms with Gasteiger partial charge in [0.25, 0.3) is 0 Å². The van der Waals surface area contributed by atoms with Crippen molar-refractivity contribution in [3.8, 4) is 0 Å². The smallest absolute Gasteiger partial charge is 0.333 e. The summed E-state index contributed by atoms with van der Waals surface area (Å²) < 4.78 is 1.46. The van der Waals surface area contributed by atoms with Gasteiger partial charge in [-0.05, 0) is 18.8 Å². The van der Waals surface area contributed by atoms with Crippen LogP contribution in [0, 0.1) is 16.0 Å². The lowest BCUT2D eigenvalue weighted by Crippen LogP contribution is -2.15. The Kier molecular flexibility index (Phi) is 5.48. The number of carboxylic acids is 1. The van der Waals surface area contributed by atoms with Gasteiger partial charge in [0.2, 0.25) is 5.82 Å². The summed E-state index contributed by atoms with van der Waals surface area (Å²) in [4.78, 5) is 21.2. The molecule has 1 heterocycles. The van der Waals surface area contributed by atoms with Crippen molar-refractivity contribution in [2.75, 3.05) is 11.9 Å². The van der Waals surface area contributed by atoms with Gasteiger partial charge in [0, 0.05) is 20.0 Å². The van der Waals surface area contributed by atoms with E-state index in [1.807, 2.05) is 13.8 Å². The molecule has 0 radical (unpaired) electrons. The average molecular weight is 284 g/mol. The Morgan fingerprint density at radius 3 is 2.75 bits per heavy atom. The Morgan fingerprint density at radius 2 is 2.25 bits per heavy atom. The highest BCUT2D eigenvalue weighted by molar-refractivity contribution is 5.66. The number of nitrogens with zero attached hydrogens (tertiary/aromatic N) is 3. The molecule has 0 aliphatic heterocycles. The summed E-state index contributed by atoms with van der Waals surface area (Å²) in [6, 6.07) is 0. The van der Waals surface area contributed by atoms with Gasteiger partial charge in [-0.3, -0.25) is 14.9 Å². The Morgan fingerprint density at radius 1 is 1.60 bits per heavy atom. The largest absolute Gasteiger partial charge is 0.481 e. The van der Waals surface area contributed by atoms with Crippen molar-refractivity contribution in [2.45, 2.75) is 33.1 Å². The van der Waals surface area contributed by atoms with E-state index in [0.717, 1.165) is 0 Å². The lowest BCUT2D eigenvalue weighted by molar-refractivity contribution is -0.384. The van der Waals surface area contributed by atoms with Gasteiger partial charge in [-0.1, -0.05) is 13.8 Å². The number of nitrogens with one attached hydrogen (secondary N) is 1. The van der Waals surface area contributed by atoms with E-state index < -0.39 is 10.9 Å². The highest BCUT2D eigenvalue weighted by Crippen LogP contribution is 2.28. The number of hydrogen-bond donors (Lipinski definition) is 2. The molecule has 1 atom stereocenters. The number of aryl methyl sites for hydroxylation is 2.